The molecule has 0 aliphatic heterocycles. The third-order valence-electron chi connectivity index (χ3n) is 2.60. The Hall–Kier alpha value is -2.35. The van der Waals surface area contributed by atoms with Crippen LogP contribution in [0.15, 0.2) is 42.5 Å². The van der Waals surface area contributed by atoms with Crippen molar-refractivity contribution < 1.29 is 17.6 Å². The molecule has 2 aromatic carbocycles. The van der Waals surface area contributed by atoms with Crippen molar-refractivity contribution in [3.05, 3.63) is 59.4 Å². The second-order valence-electron chi connectivity index (χ2n) is 3.88. The van der Waals surface area contributed by atoms with Gasteiger partial charge in [0.2, 0.25) is 0 Å². The second-order valence-corrected chi connectivity index (χ2v) is 3.88. The molecule has 0 atom stereocenters. The number of benzene rings is 2. The maximum Gasteiger partial charge on any atom is 0.416 e. The quantitative estimate of drug-likeness (QED) is 0.702. The van der Waals surface area contributed by atoms with E-state index in [1.54, 1.807) is 6.07 Å². The van der Waals surface area contributed by atoms with Crippen LogP contribution in [-0.4, -0.2) is 0 Å². The van der Waals surface area contributed by atoms with E-state index in [0.717, 1.165) is 18.2 Å². The number of halogens is 4. The van der Waals surface area contributed by atoms with Crippen molar-refractivity contribution in [1.29, 1.82) is 5.26 Å². The van der Waals surface area contributed by atoms with Gasteiger partial charge >= 0.3 is 6.18 Å². The highest BCUT2D eigenvalue weighted by atomic mass is 19.4. The Kier molecular flexibility index (Phi) is 3.26. The average Bonchev–Trinajstić information content (AvgIpc) is 2.37. The van der Waals surface area contributed by atoms with E-state index in [0.29, 0.717) is 0 Å². The van der Waals surface area contributed by atoms with Crippen molar-refractivity contribution in [2.45, 2.75) is 6.18 Å². The van der Waals surface area contributed by atoms with Crippen molar-refractivity contribution in [1.82, 2.24) is 0 Å². The average molecular weight is 265 g/mol. The van der Waals surface area contributed by atoms with Gasteiger partial charge in [0, 0.05) is 5.56 Å². The first-order valence-electron chi connectivity index (χ1n) is 5.29. The summed E-state index contributed by atoms with van der Waals surface area (Å²) in [5.41, 5.74) is -0.566. The molecule has 0 fully saturated rings. The van der Waals surface area contributed by atoms with Crippen LogP contribution in [0.3, 0.4) is 0 Å². The number of hydrogen-bond acceptors (Lipinski definition) is 1. The summed E-state index contributed by atoms with van der Waals surface area (Å²) in [6, 6.07) is 9.82. The van der Waals surface area contributed by atoms with Crippen LogP contribution in [0.1, 0.15) is 11.1 Å². The second kappa shape index (κ2) is 4.73. The lowest BCUT2D eigenvalue weighted by Gasteiger charge is -2.09. The Balaban J connectivity index is 2.51. The molecular weight excluding hydrogens is 258 g/mol. The predicted octanol–water partition coefficient (Wildman–Crippen LogP) is 4.38. The first kappa shape index (κ1) is 13.1. The molecule has 5 heteroatoms. The Morgan fingerprint density at radius 2 is 1.74 bits per heavy atom. The molecule has 0 unspecified atom stereocenters. The highest BCUT2D eigenvalue weighted by Crippen LogP contribution is 2.32. The van der Waals surface area contributed by atoms with Gasteiger partial charge in [-0.25, -0.2) is 4.39 Å². The van der Waals surface area contributed by atoms with E-state index < -0.39 is 17.6 Å². The molecular formula is C14H7F4N. The zero-order chi connectivity index (χ0) is 14.0. The highest BCUT2D eigenvalue weighted by molar-refractivity contribution is 5.66. The lowest BCUT2D eigenvalue weighted by molar-refractivity contribution is -0.137. The smallest absolute Gasteiger partial charge is 0.206 e. The standard InChI is InChI=1S/C14H7F4N/c15-13-6-9(8-19)4-5-12(13)10-2-1-3-11(7-10)14(16,17)18/h1-7H. The Bertz CT molecular complexity index is 653. The van der Waals surface area contributed by atoms with Gasteiger partial charge in [-0.1, -0.05) is 18.2 Å². The Morgan fingerprint density at radius 3 is 2.32 bits per heavy atom. The molecule has 0 N–H and O–H groups in total. The summed E-state index contributed by atoms with van der Waals surface area (Å²) < 4.78 is 51.4. The van der Waals surface area contributed by atoms with E-state index in [-0.39, 0.29) is 16.7 Å². The summed E-state index contributed by atoms with van der Waals surface area (Å²) in [7, 11) is 0. The molecule has 2 rings (SSSR count). The van der Waals surface area contributed by atoms with E-state index in [1.807, 2.05) is 0 Å². The lowest BCUT2D eigenvalue weighted by atomic mass is 10.0. The van der Waals surface area contributed by atoms with E-state index >= 15 is 0 Å². The van der Waals surface area contributed by atoms with Gasteiger partial charge in [-0.05, 0) is 29.8 Å². The fourth-order valence-electron chi connectivity index (χ4n) is 1.68. The van der Waals surface area contributed by atoms with Gasteiger partial charge in [0.1, 0.15) is 5.82 Å². The summed E-state index contributed by atoms with van der Waals surface area (Å²) >= 11 is 0. The van der Waals surface area contributed by atoms with Crippen molar-refractivity contribution >= 4 is 0 Å². The summed E-state index contributed by atoms with van der Waals surface area (Å²) in [6.07, 6.45) is -4.47. The maximum atomic E-state index is 13.7. The van der Waals surface area contributed by atoms with Gasteiger partial charge in [-0.2, -0.15) is 18.4 Å². The first-order valence-corrected chi connectivity index (χ1v) is 5.29. The van der Waals surface area contributed by atoms with E-state index in [1.165, 1.54) is 24.3 Å². The molecule has 0 heterocycles. The summed E-state index contributed by atoms with van der Waals surface area (Å²) in [5, 5.41) is 8.61. The van der Waals surface area contributed by atoms with Gasteiger partial charge in [0.25, 0.3) is 0 Å². The highest BCUT2D eigenvalue weighted by Gasteiger charge is 2.30. The molecule has 96 valence electrons. The van der Waals surface area contributed by atoms with E-state index in [9.17, 15) is 17.6 Å². The zero-order valence-electron chi connectivity index (χ0n) is 9.50. The molecule has 19 heavy (non-hydrogen) atoms. The van der Waals surface area contributed by atoms with Crippen LogP contribution in [0.25, 0.3) is 11.1 Å². The molecule has 0 spiro atoms. The predicted molar refractivity (Wildman–Crippen MR) is 61.6 cm³/mol. The summed E-state index contributed by atoms with van der Waals surface area (Å²) in [5.74, 6) is -0.724. The molecule has 0 saturated heterocycles. The van der Waals surface area contributed by atoms with Crippen molar-refractivity contribution in [3.8, 4) is 17.2 Å². The number of nitriles is 1. The number of hydrogen-bond donors (Lipinski definition) is 0. The van der Waals surface area contributed by atoms with E-state index in [4.69, 9.17) is 5.26 Å². The van der Waals surface area contributed by atoms with Crippen LogP contribution >= 0.6 is 0 Å². The van der Waals surface area contributed by atoms with Gasteiger partial charge in [-0.3, -0.25) is 0 Å². The third-order valence-corrected chi connectivity index (χ3v) is 2.60. The molecule has 2 aromatic rings. The fraction of sp³-hybridized carbons (Fsp3) is 0.0714. The zero-order valence-corrected chi connectivity index (χ0v) is 9.50. The van der Waals surface area contributed by atoms with Crippen molar-refractivity contribution in [2.24, 2.45) is 0 Å². The molecule has 1 nitrogen and oxygen atoms in total. The van der Waals surface area contributed by atoms with Gasteiger partial charge < -0.3 is 0 Å². The molecule has 0 aromatic heterocycles. The van der Waals surface area contributed by atoms with Gasteiger partial charge in [0.15, 0.2) is 0 Å². The first-order chi connectivity index (χ1) is 8.91. The van der Waals surface area contributed by atoms with Gasteiger partial charge in [0.05, 0.1) is 17.2 Å². The van der Waals surface area contributed by atoms with E-state index in [2.05, 4.69) is 0 Å². The van der Waals surface area contributed by atoms with Crippen LogP contribution in [0.2, 0.25) is 0 Å². The summed E-state index contributed by atoms with van der Waals surface area (Å²) in [6.45, 7) is 0. The Labute approximate surface area is 106 Å². The van der Waals surface area contributed by atoms with Crippen molar-refractivity contribution in [3.63, 3.8) is 0 Å². The van der Waals surface area contributed by atoms with Crippen LogP contribution in [0.5, 0.6) is 0 Å². The normalized spacial score (nSPS) is 11.1. The fourth-order valence-corrected chi connectivity index (χ4v) is 1.68. The van der Waals surface area contributed by atoms with Crippen molar-refractivity contribution in [2.75, 3.05) is 0 Å². The van der Waals surface area contributed by atoms with Crippen LogP contribution < -0.4 is 0 Å². The minimum absolute atomic E-state index is 0.0325. The molecule has 0 aliphatic carbocycles. The summed E-state index contributed by atoms with van der Waals surface area (Å²) in [4.78, 5) is 0. The molecule has 0 bridgehead atoms. The molecule has 0 aliphatic rings. The SMILES string of the molecule is N#Cc1ccc(-c2cccc(C(F)(F)F)c2)c(F)c1. The largest absolute Gasteiger partial charge is 0.416 e. The topological polar surface area (TPSA) is 23.8 Å². The van der Waals surface area contributed by atoms with Crippen LogP contribution in [0.4, 0.5) is 17.6 Å². The van der Waals surface area contributed by atoms with Crippen LogP contribution in [-0.2, 0) is 6.18 Å². The van der Waals surface area contributed by atoms with Crippen LogP contribution in [0, 0.1) is 17.1 Å². The molecule has 0 saturated carbocycles. The maximum absolute atomic E-state index is 13.7. The molecule has 0 amide bonds. The third kappa shape index (κ3) is 2.74. The molecule has 0 radical (unpaired) electrons. The minimum Gasteiger partial charge on any atom is -0.206 e. The lowest BCUT2D eigenvalue weighted by Crippen LogP contribution is -2.04. The number of nitrogens with zero attached hydrogens (tertiary/aromatic N) is 1. The minimum atomic E-state index is -4.47. The number of rotatable bonds is 1. The van der Waals surface area contributed by atoms with Gasteiger partial charge in [-0.15, -0.1) is 0 Å². The monoisotopic (exact) mass is 265 g/mol. The number of alkyl halides is 3. The Morgan fingerprint density at radius 1 is 1.00 bits per heavy atom.